The number of rotatable bonds is 8. The Morgan fingerprint density at radius 1 is 1.58 bits per heavy atom. The van der Waals surface area contributed by atoms with Crippen molar-refractivity contribution < 1.29 is 26.2 Å². The minimum Gasteiger partial charge on any atom is -0.462 e. The Labute approximate surface area is 162 Å². The number of hydrogen-bond donors (Lipinski definition) is 4. The summed E-state index contributed by atoms with van der Waals surface area (Å²) in [5.74, 6) is -1.95. The van der Waals surface area contributed by atoms with Gasteiger partial charge in [-0.05, 0) is 5.92 Å². The predicted molar refractivity (Wildman–Crippen MR) is 95.5 cm³/mol. The van der Waals surface area contributed by atoms with Crippen LogP contribution in [0.1, 0.15) is 20.7 Å². The zero-order valence-corrected chi connectivity index (χ0v) is 14.7. The van der Waals surface area contributed by atoms with Crippen LogP contribution < -0.4 is 17.0 Å². The molecule has 6 N–H and O–H groups in total. The smallest absolute Gasteiger partial charge is 0.323 e. The van der Waals surface area contributed by atoms with Gasteiger partial charge >= 0.3 is 5.97 Å². The first-order valence-electron chi connectivity index (χ1n) is 9.66. The number of carbonyl (C=O) groups excluding carboxylic acids is 1. The maximum atomic E-state index is 12.0. The van der Waals surface area contributed by atoms with Gasteiger partial charge in [-0.3, -0.25) is 19.1 Å². The highest BCUT2D eigenvalue weighted by molar-refractivity contribution is 5.85. The van der Waals surface area contributed by atoms with E-state index < -0.39 is 49.4 Å². The molecule has 0 radical (unpaired) electrons. The van der Waals surface area contributed by atoms with Crippen molar-refractivity contribution >= 4 is 35.5 Å². The number of fused-ring (bicyclic) bond motifs is 1. The fourth-order valence-electron chi connectivity index (χ4n) is 1.72. The zero-order valence-electron chi connectivity index (χ0n) is 18.9. The largest absolute Gasteiger partial charge is 0.462 e. The third-order valence-electron chi connectivity index (χ3n) is 3.18. The SMILES string of the molecule is Cl.[2H]C([2H])(O)C([2H])(OCn1cnc2c(=O)[nH]c(N)nc21)C([2H])([2H])OC(=O)[C@@H](N)C(C)C. The van der Waals surface area contributed by atoms with Crippen LogP contribution in [0.25, 0.3) is 11.2 Å². The van der Waals surface area contributed by atoms with Crippen LogP contribution in [0.15, 0.2) is 11.1 Å². The first-order chi connectivity index (χ1) is 13.6. The van der Waals surface area contributed by atoms with Gasteiger partial charge in [-0.15, -0.1) is 12.4 Å². The molecule has 2 rings (SSSR count). The number of imidazole rings is 1. The molecule has 0 saturated heterocycles. The Balaban J connectivity index is 0.00000480. The zero-order chi connectivity index (χ0) is 23.1. The van der Waals surface area contributed by atoms with Gasteiger partial charge in [-0.25, -0.2) is 4.98 Å². The summed E-state index contributed by atoms with van der Waals surface area (Å²) in [6, 6.07) is -1.26. The van der Waals surface area contributed by atoms with E-state index in [1.807, 2.05) is 0 Å². The van der Waals surface area contributed by atoms with Crippen molar-refractivity contribution in [3.63, 3.8) is 0 Å². The van der Waals surface area contributed by atoms with Gasteiger partial charge in [0.1, 0.15) is 25.4 Å². The molecule has 0 aliphatic heterocycles. The van der Waals surface area contributed by atoms with E-state index in [-0.39, 0.29) is 29.5 Å². The molecule has 146 valence electrons. The van der Waals surface area contributed by atoms with Crippen LogP contribution in [0.4, 0.5) is 5.95 Å². The number of anilines is 1. The molecule has 2 atom stereocenters. The summed E-state index contributed by atoms with van der Waals surface area (Å²) in [6.07, 6.45) is -2.41. The van der Waals surface area contributed by atoms with Crippen molar-refractivity contribution in [2.24, 2.45) is 11.7 Å². The third kappa shape index (κ3) is 5.14. The number of halogens is 1. The monoisotopic (exact) mass is 395 g/mol. The second-order valence-corrected chi connectivity index (χ2v) is 5.35. The van der Waals surface area contributed by atoms with E-state index in [0.29, 0.717) is 0 Å². The van der Waals surface area contributed by atoms with Gasteiger partial charge in [0.05, 0.1) is 19.7 Å². The number of H-pyrrole nitrogens is 1. The summed E-state index contributed by atoms with van der Waals surface area (Å²) < 4.78 is 49.5. The Bertz CT molecular complexity index is 996. The molecule has 26 heavy (non-hydrogen) atoms. The summed E-state index contributed by atoms with van der Waals surface area (Å²) in [6.45, 7) is -4.78. The molecule has 0 aromatic carbocycles. The van der Waals surface area contributed by atoms with E-state index in [9.17, 15) is 14.7 Å². The topological polar surface area (TPSA) is 171 Å². The third-order valence-corrected chi connectivity index (χ3v) is 3.18. The second kappa shape index (κ2) is 9.48. The van der Waals surface area contributed by atoms with Crippen molar-refractivity contribution in [1.29, 1.82) is 0 Å². The van der Waals surface area contributed by atoms with Crippen LogP contribution in [-0.2, 0) is 21.0 Å². The Kier molecular flexibility index (Phi) is 5.43. The number of nitrogen functional groups attached to an aromatic ring is 1. The normalized spacial score (nSPS) is 18.6. The number of nitrogens with two attached hydrogens (primary N) is 2. The van der Waals surface area contributed by atoms with Gasteiger partial charge < -0.3 is 26.0 Å². The summed E-state index contributed by atoms with van der Waals surface area (Å²) in [5, 5.41) is 9.81. The Hall–Kier alpha value is -2.21. The molecule has 11 nitrogen and oxygen atoms in total. The van der Waals surface area contributed by atoms with Crippen molar-refractivity contribution in [3.8, 4) is 0 Å². The summed E-state index contributed by atoms with van der Waals surface area (Å²) in [4.78, 5) is 33.7. The predicted octanol–water partition coefficient (Wildman–Crippen LogP) is -1.01. The molecule has 2 aromatic heterocycles. The van der Waals surface area contributed by atoms with E-state index in [1.165, 1.54) is 0 Å². The van der Waals surface area contributed by atoms with E-state index in [0.717, 1.165) is 10.9 Å². The summed E-state index contributed by atoms with van der Waals surface area (Å²) >= 11 is 0. The van der Waals surface area contributed by atoms with Crippen LogP contribution >= 0.6 is 12.4 Å². The first kappa shape index (κ1) is 14.9. The minimum absolute atomic E-state index is 0. The van der Waals surface area contributed by atoms with Crippen LogP contribution in [0.2, 0.25) is 0 Å². The molecule has 2 heterocycles. The van der Waals surface area contributed by atoms with E-state index in [1.54, 1.807) is 13.8 Å². The van der Waals surface area contributed by atoms with Crippen LogP contribution in [0, 0.1) is 5.92 Å². The fraction of sp³-hybridized carbons (Fsp3) is 0.571. The van der Waals surface area contributed by atoms with E-state index >= 15 is 0 Å². The quantitative estimate of drug-likeness (QED) is 0.408. The minimum atomic E-state index is -3.64. The lowest BCUT2D eigenvalue weighted by Gasteiger charge is -2.19. The lowest BCUT2D eigenvalue weighted by atomic mass is 10.1. The second-order valence-electron chi connectivity index (χ2n) is 5.35. The maximum absolute atomic E-state index is 12.0. The molecule has 0 aliphatic rings. The average Bonchev–Trinajstić information content (AvgIpc) is 3.00. The lowest BCUT2D eigenvalue weighted by Crippen LogP contribution is -2.39. The molecule has 2 aromatic rings. The molecular formula is C14H23ClN6O5. The number of nitrogens with one attached hydrogen (secondary N) is 1. The van der Waals surface area contributed by atoms with E-state index in [2.05, 4.69) is 19.7 Å². The molecule has 12 heteroatoms. The molecule has 1 unspecified atom stereocenters. The standard InChI is InChI=1S/C14H22N6O5.ClH/c1-7(2)9(15)13(23)24-4-8(3-21)25-6-20-5-17-10-11(20)18-14(16)19-12(10)22;/h5,7-9,21H,3-4,6,15H2,1-2H3,(H3,16,18,19,22);1H/t8?,9-;/m0./s1/i3D2,4D2,8D;. The van der Waals surface area contributed by atoms with Gasteiger partial charge in [0.2, 0.25) is 5.95 Å². The van der Waals surface area contributed by atoms with Gasteiger partial charge in [-0.2, -0.15) is 4.98 Å². The van der Waals surface area contributed by atoms with Gasteiger partial charge in [-0.1, -0.05) is 13.8 Å². The highest BCUT2D eigenvalue weighted by atomic mass is 35.5. The Morgan fingerprint density at radius 3 is 2.88 bits per heavy atom. The van der Waals surface area contributed by atoms with Crippen molar-refractivity contribution in [2.75, 3.05) is 18.9 Å². The van der Waals surface area contributed by atoms with Gasteiger partial charge in [0, 0.05) is 0 Å². The number of aliphatic hydroxyl groups is 1. The number of esters is 1. The average molecular weight is 396 g/mol. The highest BCUT2D eigenvalue weighted by Gasteiger charge is 2.21. The van der Waals surface area contributed by atoms with Gasteiger partial charge in [0.25, 0.3) is 5.56 Å². The van der Waals surface area contributed by atoms with Crippen molar-refractivity contribution in [3.05, 3.63) is 16.7 Å². The first-order valence-corrected chi connectivity index (χ1v) is 7.16. The number of nitrogens with zero attached hydrogens (tertiary/aromatic N) is 3. The molecule has 0 spiro atoms. The number of hydrogen-bond acceptors (Lipinski definition) is 9. The molecule has 0 fully saturated rings. The number of ether oxygens (including phenoxy) is 2. The molecule has 0 saturated carbocycles. The maximum Gasteiger partial charge on any atom is 0.323 e. The molecule has 0 amide bonds. The highest BCUT2D eigenvalue weighted by Crippen LogP contribution is 2.08. The van der Waals surface area contributed by atoms with Crippen LogP contribution in [0.3, 0.4) is 0 Å². The molecule has 0 bridgehead atoms. The van der Waals surface area contributed by atoms with Crippen molar-refractivity contribution in [1.82, 2.24) is 19.5 Å². The number of aromatic nitrogens is 4. The summed E-state index contributed by atoms with van der Waals surface area (Å²) in [7, 11) is 0. The summed E-state index contributed by atoms with van der Waals surface area (Å²) in [5.41, 5.74) is 10.1. The van der Waals surface area contributed by atoms with Gasteiger partial charge in [0.15, 0.2) is 11.2 Å². The number of carbonyl (C=O) groups is 1. The van der Waals surface area contributed by atoms with Crippen molar-refractivity contribution in [2.45, 2.75) is 32.7 Å². The molecular weight excluding hydrogens is 368 g/mol. The molecule has 0 aliphatic carbocycles. The number of aromatic amines is 1. The lowest BCUT2D eigenvalue weighted by molar-refractivity contribution is -0.153. The Morgan fingerprint density at radius 2 is 2.27 bits per heavy atom. The van der Waals surface area contributed by atoms with Crippen LogP contribution in [0.5, 0.6) is 0 Å². The van der Waals surface area contributed by atoms with Crippen LogP contribution in [-0.4, -0.2) is 55.8 Å². The fourth-order valence-corrected chi connectivity index (χ4v) is 1.72. The van der Waals surface area contributed by atoms with E-state index in [4.69, 9.17) is 23.1 Å².